The van der Waals surface area contributed by atoms with Crippen LogP contribution in [0.15, 0.2) is 48.8 Å². The number of pyridine rings is 1. The number of hydrogen-bond acceptors (Lipinski definition) is 4. The lowest BCUT2D eigenvalue weighted by atomic mass is 10.1. The molecule has 0 aliphatic rings. The van der Waals surface area contributed by atoms with Crippen LogP contribution >= 0.6 is 0 Å². The molecule has 0 saturated carbocycles. The summed E-state index contributed by atoms with van der Waals surface area (Å²) in [6.07, 6.45) is 7.97. The largest absolute Gasteiger partial charge is 1.00 e. The Bertz CT molecular complexity index is 624. The molecule has 25 heavy (non-hydrogen) atoms. The Labute approximate surface area is 154 Å². The summed E-state index contributed by atoms with van der Waals surface area (Å²) in [7, 11) is 0. The number of anilines is 1. The lowest BCUT2D eigenvalue weighted by molar-refractivity contribution is -0.698. The van der Waals surface area contributed by atoms with Crippen LogP contribution in [0.2, 0.25) is 0 Å². The molecule has 0 saturated heterocycles. The van der Waals surface area contributed by atoms with Gasteiger partial charge in [0.2, 0.25) is 0 Å². The summed E-state index contributed by atoms with van der Waals surface area (Å²) in [5.41, 5.74) is 3.16. The molecular formula is C19H25ClN2O3. The van der Waals surface area contributed by atoms with E-state index < -0.39 is 0 Å². The maximum atomic E-state index is 9.09. The van der Waals surface area contributed by atoms with E-state index in [1.807, 2.05) is 70.4 Å². The highest BCUT2D eigenvalue weighted by Crippen LogP contribution is 2.16. The fraction of sp³-hybridized carbons (Fsp3) is 0.316. The Balaban J connectivity index is 0.00000312. The van der Waals surface area contributed by atoms with Crippen molar-refractivity contribution in [2.24, 2.45) is 0 Å². The number of hydrogen-bond donors (Lipinski definition) is 3. The van der Waals surface area contributed by atoms with Gasteiger partial charge in [0.05, 0.1) is 13.2 Å². The van der Waals surface area contributed by atoms with Crippen LogP contribution in [0, 0.1) is 0 Å². The summed E-state index contributed by atoms with van der Waals surface area (Å²) >= 11 is 0. The van der Waals surface area contributed by atoms with Gasteiger partial charge in [0.25, 0.3) is 0 Å². The molecule has 6 heteroatoms. The van der Waals surface area contributed by atoms with E-state index >= 15 is 0 Å². The van der Waals surface area contributed by atoms with Crippen molar-refractivity contribution < 1.29 is 32.3 Å². The molecule has 0 radical (unpaired) electrons. The van der Waals surface area contributed by atoms with Crippen molar-refractivity contribution in [3.8, 4) is 0 Å². The van der Waals surface area contributed by atoms with Crippen LogP contribution in [0.25, 0.3) is 12.2 Å². The van der Waals surface area contributed by atoms with Crippen LogP contribution in [-0.4, -0.2) is 48.2 Å². The Kier molecular flexibility index (Phi) is 9.80. The molecule has 0 unspecified atom stereocenters. The first-order chi connectivity index (χ1) is 11.8. The zero-order valence-electron chi connectivity index (χ0n) is 14.1. The van der Waals surface area contributed by atoms with E-state index in [1.54, 1.807) is 0 Å². The van der Waals surface area contributed by atoms with E-state index in [4.69, 9.17) is 15.3 Å². The number of aliphatic hydroxyl groups is 3. The maximum absolute atomic E-state index is 9.09. The highest BCUT2D eigenvalue weighted by molar-refractivity contribution is 5.70. The summed E-state index contributed by atoms with van der Waals surface area (Å²) in [6.45, 7) is 1.87. The fourth-order valence-corrected chi connectivity index (χ4v) is 2.44. The molecule has 0 atom stereocenters. The zero-order chi connectivity index (χ0) is 17.2. The molecule has 0 fully saturated rings. The van der Waals surface area contributed by atoms with Gasteiger partial charge in [-0.15, -0.1) is 0 Å². The predicted octanol–water partition coefficient (Wildman–Crippen LogP) is -2.07. The van der Waals surface area contributed by atoms with Crippen molar-refractivity contribution in [3.63, 3.8) is 0 Å². The van der Waals surface area contributed by atoms with Gasteiger partial charge in [-0.2, -0.15) is 0 Å². The topological polar surface area (TPSA) is 67.8 Å². The van der Waals surface area contributed by atoms with Gasteiger partial charge in [0.1, 0.15) is 6.61 Å². The Morgan fingerprint density at radius 3 is 1.76 bits per heavy atom. The van der Waals surface area contributed by atoms with E-state index in [1.165, 1.54) is 0 Å². The van der Waals surface area contributed by atoms with Crippen molar-refractivity contribution >= 4 is 17.8 Å². The lowest BCUT2D eigenvalue weighted by Crippen LogP contribution is -3.00. The summed E-state index contributed by atoms with van der Waals surface area (Å²) < 4.78 is 1.93. The molecule has 5 nitrogen and oxygen atoms in total. The number of halogens is 1. The van der Waals surface area contributed by atoms with Gasteiger partial charge in [-0.05, 0) is 23.3 Å². The first-order valence-electron chi connectivity index (χ1n) is 8.11. The quantitative estimate of drug-likeness (QED) is 0.447. The van der Waals surface area contributed by atoms with E-state index in [-0.39, 0.29) is 32.2 Å². The highest BCUT2D eigenvalue weighted by atomic mass is 35.5. The minimum Gasteiger partial charge on any atom is -1.00 e. The second-order valence-corrected chi connectivity index (χ2v) is 5.45. The molecule has 136 valence electrons. The van der Waals surface area contributed by atoms with Crippen LogP contribution in [-0.2, 0) is 6.54 Å². The van der Waals surface area contributed by atoms with Crippen molar-refractivity contribution in [2.45, 2.75) is 6.54 Å². The molecule has 0 amide bonds. The molecule has 2 aromatic rings. The van der Waals surface area contributed by atoms with E-state index in [2.05, 4.69) is 0 Å². The second kappa shape index (κ2) is 11.6. The Morgan fingerprint density at radius 2 is 1.28 bits per heavy atom. The summed E-state index contributed by atoms with van der Waals surface area (Å²) in [5.74, 6) is 0. The van der Waals surface area contributed by atoms with Crippen LogP contribution in [0.5, 0.6) is 0 Å². The van der Waals surface area contributed by atoms with E-state index in [0.29, 0.717) is 19.6 Å². The smallest absolute Gasteiger partial charge is 0.171 e. The first kappa shape index (κ1) is 21.1. The SMILES string of the molecule is OCCN(CCO)c1ccc(/C=C/c2cc[n+](CCO)cc2)cc1.[Cl-]. The lowest BCUT2D eigenvalue weighted by Gasteiger charge is -2.22. The van der Waals surface area contributed by atoms with Crippen LogP contribution in [0.1, 0.15) is 11.1 Å². The fourth-order valence-electron chi connectivity index (χ4n) is 2.44. The molecule has 1 aromatic carbocycles. The first-order valence-corrected chi connectivity index (χ1v) is 8.11. The van der Waals surface area contributed by atoms with Crippen LogP contribution in [0.4, 0.5) is 5.69 Å². The van der Waals surface area contributed by atoms with Crippen LogP contribution in [0.3, 0.4) is 0 Å². The minimum absolute atomic E-state index is 0. The van der Waals surface area contributed by atoms with Crippen molar-refractivity contribution in [2.75, 3.05) is 37.8 Å². The summed E-state index contributed by atoms with van der Waals surface area (Å²) in [5, 5.41) is 27.1. The van der Waals surface area contributed by atoms with E-state index in [9.17, 15) is 0 Å². The third kappa shape index (κ3) is 6.84. The number of aliphatic hydroxyl groups excluding tert-OH is 3. The van der Waals surface area contributed by atoms with Gasteiger partial charge in [0, 0.05) is 30.9 Å². The van der Waals surface area contributed by atoms with Crippen molar-refractivity contribution in [3.05, 3.63) is 59.9 Å². The van der Waals surface area contributed by atoms with Gasteiger partial charge in [-0.3, -0.25) is 0 Å². The minimum atomic E-state index is 0. The third-order valence-electron chi connectivity index (χ3n) is 3.74. The summed E-state index contributed by atoms with van der Waals surface area (Å²) in [6, 6.07) is 12.0. The average molecular weight is 365 g/mol. The molecule has 0 aliphatic carbocycles. The highest BCUT2D eigenvalue weighted by Gasteiger charge is 2.04. The number of benzene rings is 1. The van der Waals surface area contributed by atoms with Gasteiger partial charge in [-0.1, -0.05) is 24.3 Å². The van der Waals surface area contributed by atoms with Crippen molar-refractivity contribution in [1.29, 1.82) is 0 Å². The molecule has 0 aliphatic heterocycles. The average Bonchev–Trinajstić information content (AvgIpc) is 2.62. The molecule has 0 bridgehead atoms. The van der Waals surface area contributed by atoms with Gasteiger partial charge >= 0.3 is 0 Å². The van der Waals surface area contributed by atoms with Gasteiger partial charge in [-0.25, -0.2) is 4.57 Å². The molecule has 1 aromatic heterocycles. The Morgan fingerprint density at radius 1 is 0.760 bits per heavy atom. The molecule has 3 N–H and O–H groups in total. The number of nitrogens with zero attached hydrogens (tertiary/aromatic N) is 2. The normalized spacial score (nSPS) is 10.7. The number of aromatic nitrogens is 1. The predicted molar refractivity (Wildman–Crippen MR) is 95.5 cm³/mol. The summed E-state index contributed by atoms with van der Waals surface area (Å²) in [4.78, 5) is 1.95. The van der Waals surface area contributed by atoms with Crippen LogP contribution < -0.4 is 21.9 Å². The molecule has 2 rings (SSSR count). The standard InChI is InChI=1S/C19H25N2O3.ClH/c22-14-11-20-9-7-18(8-10-20)2-1-17-3-5-19(6-4-17)21(12-15-23)13-16-24;/h1-10,22-24H,11-16H2;1H/q+1;/p-1. The number of rotatable bonds is 9. The van der Waals surface area contributed by atoms with Gasteiger partial charge in [0.15, 0.2) is 18.9 Å². The molecule has 0 spiro atoms. The maximum Gasteiger partial charge on any atom is 0.171 e. The zero-order valence-corrected chi connectivity index (χ0v) is 14.9. The Hall–Kier alpha value is -1.92. The van der Waals surface area contributed by atoms with Crippen molar-refractivity contribution in [1.82, 2.24) is 0 Å². The monoisotopic (exact) mass is 364 g/mol. The second-order valence-electron chi connectivity index (χ2n) is 5.45. The van der Waals surface area contributed by atoms with E-state index in [0.717, 1.165) is 16.8 Å². The third-order valence-corrected chi connectivity index (χ3v) is 3.74. The van der Waals surface area contributed by atoms with Gasteiger partial charge < -0.3 is 32.6 Å². The molecule has 1 heterocycles. The molecular weight excluding hydrogens is 340 g/mol.